The van der Waals surface area contributed by atoms with E-state index in [1.807, 2.05) is 31.2 Å². The quantitative estimate of drug-likeness (QED) is 0.354. The van der Waals surface area contributed by atoms with E-state index < -0.39 is 34.3 Å². The fraction of sp³-hybridized carbons (Fsp3) is 0.310. The normalized spacial score (nSPS) is 11.8. The largest absolute Gasteiger partial charge is 0.493 e. The Hall–Kier alpha value is -4.12. The van der Waals surface area contributed by atoms with Gasteiger partial charge in [-0.15, -0.1) is 0 Å². The number of ether oxygens (including phenoxy) is 2. The fourth-order valence-corrected chi connectivity index (χ4v) is 5.73. The number of halogens is 1. The molecular formula is C29H34FN3O6S. The Kier molecular flexibility index (Phi) is 10.1. The van der Waals surface area contributed by atoms with Gasteiger partial charge < -0.3 is 19.7 Å². The first kappa shape index (κ1) is 30.4. The van der Waals surface area contributed by atoms with Crippen molar-refractivity contribution in [1.29, 1.82) is 0 Å². The number of sulfonamides is 1. The average Bonchev–Trinajstić information content (AvgIpc) is 2.96. The summed E-state index contributed by atoms with van der Waals surface area (Å²) in [5, 5.41) is 2.59. The van der Waals surface area contributed by atoms with Gasteiger partial charge in [0.25, 0.3) is 10.0 Å². The number of rotatable bonds is 12. The van der Waals surface area contributed by atoms with Gasteiger partial charge in [0.2, 0.25) is 11.8 Å². The summed E-state index contributed by atoms with van der Waals surface area (Å²) in [5.74, 6) is -1.04. The predicted octanol–water partition coefficient (Wildman–Crippen LogP) is 3.90. The second kappa shape index (κ2) is 13.3. The van der Waals surface area contributed by atoms with Crippen LogP contribution in [0.1, 0.15) is 24.5 Å². The molecule has 0 radical (unpaired) electrons. The van der Waals surface area contributed by atoms with Gasteiger partial charge in [0, 0.05) is 19.7 Å². The van der Waals surface area contributed by atoms with Gasteiger partial charge in [-0.1, -0.05) is 31.2 Å². The van der Waals surface area contributed by atoms with E-state index in [0.29, 0.717) is 12.2 Å². The van der Waals surface area contributed by atoms with Gasteiger partial charge in [-0.3, -0.25) is 13.9 Å². The second-order valence-electron chi connectivity index (χ2n) is 8.99. The van der Waals surface area contributed by atoms with Gasteiger partial charge >= 0.3 is 0 Å². The highest BCUT2D eigenvalue weighted by molar-refractivity contribution is 7.92. The monoisotopic (exact) mass is 571 g/mol. The number of anilines is 1. The highest BCUT2D eigenvalue weighted by atomic mass is 32.2. The molecule has 0 aliphatic rings. The Labute approximate surface area is 234 Å². The number of likely N-dealkylation sites (N-methyl/N-ethyl adjacent to an activating group) is 1. The lowest BCUT2D eigenvalue weighted by Gasteiger charge is -2.33. The fourth-order valence-electron chi connectivity index (χ4n) is 4.30. The lowest BCUT2D eigenvalue weighted by atomic mass is 10.1. The zero-order valence-electron chi connectivity index (χ0n) is 23.2. The van der Waals surface area contributed by atoms with Gasteiger partial charge in [0.15, 0.2) is 11.5 Å². The molecule has 0 saturated carbocycles. The van der Waals surface area contributed by atoms with Crippen LogP contribution in [0.2, 0.25) is 0 Å². The number of methoxy groups -OCH3 is 2. The van der Waals surface area contributed by atoms with Crippen molar-refractivity contribution in [3.8, 4) is 11.5 Å². The van der Waals surface area contributed by atoms with Crippen LogP contribution in [0.25, 0.3) is 0 Å². The van der Waals surface area contributed by atoms with Crippen LogP contribution < -0.4 is 19.1 Å². The molecule has 1 atom stereocenters. The molecule has 214 valence electrons. The smallest absolute Gasteiger partial charge is 0.264 e. The molecule has 0 aliphatic carbocycles. The molecule has 3 rings (SSSR count). The number of carbonyl (C=O) groups excluding carboxylic acids is 2. The highest BCUT2D eigenvalue weighted by Gasteiger charge is 2.34. The molecule has 0 heterocycles. The van der Waals surface area contributed by atoms with E-state index in [1.54, 1.807) is 6.92 Å². The number of hydrogen-bond acceptors (Lipinski definition) is 6. The Morgan fingerprint density at radius 2 is 1.62 bits per heavy atom. The third kappa shape index (κ3) is 6.71. The molecule has 0 aliphatic heterocycles. The zero-order chi connectivity index (χ0) is 29.4. The van der Waals surface area contributed by atoms with Crippen LogP contribution in [0.4, 0.5) is 10.1 Å². The lowest BCUT2D eigenvalue weighted by Crippen LogP contribution is -2.51. The lowest BCUT2D eigenvalue weighted by molar-refractivity contribution is -0.140. The Morgan fingerprint density at radius 1 is 0.975 bits per heavy atom. The van der Waals surface area contributed by atoms with Gasteiger partial charge in [-0.2, -0.15) is 0 Å². The number of nitrogens with zero attached hydrogens (tertiary/aromatic N) is 2. The molecule has 3 aromatic carbocycles. The second-order valence-corrected chi connectivity index (χ2v) is 10.9. The van der Waals surface area contributed by atoms with Crippen LogP contribution in [0.15, 0.2) is 71.6 Å². The minimum absolute atomic E-state index is 0.0772. The van der Waals surface area contributed by atoms with Crippen molar-refractivity contribution in [3.63, 3.8) is 0 Å². The average molecular weight is 572 g/mol. The molecule has 0 bridgehead atoms. The maximum Gasteiger partial charge on any atom is 0.264 e. The zero-order valence-corrected chi connectivity index (χ0v) is 24.0. The first-order chi connectivity index (χ1) is 19.1. The molecule has 0 aromatic heterocycles. The number of amides is 2. The summed E-state index contributed by atoms with van der Waals surface area (Å²) in [6.45, 7) is 3.12. The van der Waals surface area contributed by atoms with Gasteiger partial charge in [-0.05, 0) is 60.9 Å². The molecule has 11 heteroatoms. The van der Waals surface area contributed by atoms with E-state index in [0.717, 1.165) is 27.6 Å². The number of aryl methyl sites for hydroxylation is 1. The van der Waals surface area contributed by atoms with Crippen LogP contribution >= 0.6 is 0 Å². The first-order valence-corrected chi connectivity index (χ1v) is 14.1. The molecule has 0 unspecified atom stereocenters. The third-order valence-electron chi connectivity index (χ3n) is 6.57. The Balaban J connectivity index is 2.10. The number of hydrogen-bond donors (Lipinski definition) is 1. The molecule has 0 spiro atoms. The van der Waals surface area contributed by atoms with Crippen LogP contribution in [-0.4, -0.2) is 59.0 Å². The topological polar surface area (TPSA) is 105 Å². The summed E-state index contributed by atoms with van der Waals surface area (Å²) in [6.07, 6.45) is 0.302. The van der Waals surface area contributed by atoms with Crippen molar-refractivity contribution in [2.24, 2.45) is 0 Å². The summed E-state index contributed by atoms with van der Waals surface area (Å²) >= 11 is 0. The Morgan fingerprint density at radius 3 is 2.20 bits per heavy atom. The summed E-state index contributed by atoms with van der Waals surface area (Å²) in [7, 11) is -0.0818. The molecule has 2 amide bonds. The van der Waals surface area contributed by atoms with Gasteiger partial charge in [-0.25, -0.2) is 12.8 Å². The first-order valence-electron chi connectivity index (χ1n) is 12.6. The van der Waals surface area contributed by atoms with E-state index in [4.69, 9.17) is 9.47 Å². The van der Waals surface area contributed by atoms with Crippen LogP contribution in [0, 0.1) is 12.7 Å². The molecular weight excluding hydrogens is 537 g/mol. The van der Waals surface area contributed by atoms with Crippen LogP contribution in [0.3, 0.4) is 0 Å². The molecule has 9 nitrogen and oxygen atoms in total. The van der Waals surface area contributed by atoms with Crippen molar-refractivity contribution in [2.45, 2.75) is 37.8 Å². The minimum Gasteiger partial charge on any atom is -0.493 e. The van der Waals surface area contributed by atoms with Gasteiger partial charge in [0.05, 0.1) is 24.8 Å². The number of benzene rings is 3. The maximum absolute atomic E-state index is 14.0. The van der Waals surface area contributed by atoms with E-state index in [-0.39, 0.29) is 28.8 Å². The Bertz CT molecular complexity index is 1450. The maximum atomic E-state index is 14.0. The van der Waals surface area contributed by atoms with E-state index >= 15 is 0 Å². The summed E-state index contributed by atoms with van der Waals surface area (Å²) in [6, 6.07) is 15.5. The number of nitrogens with one attached hydrogen (secondary N) is 1. The van der Waals surface area contributed by atoms with E-state index in [9.17, 15) is 22.4 Å². The molecule has 40 heavy (non-hydrogen) atoms. The molecule has 0 saturated heterocycles. The minimum atomic E-state index is -4.37. The van der Waals surface area contributed by atoms with E-state index in [1.165, 1.54) is 56.5 Å². The van der Waals surface area contributed by atoms with Crippen molar-refractivity contribution in [3.05, 3.63) is 83.7 Å². The van der Waals surface area contributed by atoms with Crippen LogP contribution in [0.5, 0.6) is 11.5 Å². The predicted molar refractivity (Wildman–Crippen MR) is 150 cm³/mol. The van der Waals surface area contributed by atoms with Crippen molar-refractivity contribution < 1.29 is 31.9 Å². The summed E-state index contributed by atoms with van der Waals surface area (Å²) < 4.78 is 53.1. The highest BCUT2D eigenvalue weighted by Crippen LogP contribution is 2.32. The van der Waals surface area contributed by atoms with Gasteiger partial charge in [0.1, 0.15) is 18.4 Å². The SMILES string of the molecule is CC[C@H](C(=O)NC)N(Cc1ccccc1C)C(=O)CN(c1ccc(F)cc1)S(=O)(=O)c1ccc(OC)c(OC)c1. The molecule has 1 N–H and O–H groups in total. The molecule has 3 aromatic rings. The van der Waals surface area contributed by atoms with Crippen LogP contribution in [-0.2, 0) is 26.2 Å². The van der Waals surface area contributed by atoms with Crippen molar-refractivity contribution in [1.82, 2.24) is 10.2 Å². The van der Waals surface area contributed by atoms with E-state index in [2.05, 4.69) is 5.32 Å². The summed E-state index contributed by atoms with van der Waals surface area (Å²) in [5.41, 5.74) is 1.81. The summed E-state index contributed by atoms with van der Waals surface area (Å²) in [4.78, 5) is 28.0. The molecule has 0 fully saturated rings. The number of carbonyl (C=O) groups is 2. The van der Waals surface area contributed by atoms with Crippen molar-refractivity contribution >= 4 is 27.5 Å². The standard InChI is InChI=1S/C29H34FN3O6S/c1-6-25(29(35)31-3)32(18-21-10-8-7-9-20(21)2)28(34)19-33(23-13-11-22(30)12-14-23)40(36,37)24-15-16-26(38-4)27(17-24)39-5/h7-17,25H,6,18-19H2,1-5H3,(H,31,35)/t25-/m1/s1. The third-order valence-corrected chi connectivity index (χ3v) is 8.34. The van der Waals surface area contributed by atoms with Crippen molar-refractivity contribution in [2.75, 3.05) is 32.1 Å².